The average Bonchev–Trinajstić information content (AvgIpc) is 3.14. The number of hydrazone groups is 1. The molecule has 1 aliphatic rings. The first-order valence-corrected chi connectivity index (χ1v) is 10.4. The Balaban J connectivity index is 1.55. The highest BCUT2D eigenvalue weighted by atomic mass is 16.5. The first-order chi connectivity index (χ1) is 15.4. The van der Waals surface area contributed by atoms with Gasteiger partial charge in [0.05, 0.1) is 25.5 Å². The van der Waals surface area contributed by atoms with Gasteiger partial charge in [0, 0.05) is 17.5 Å². The molecule has 1 aliphatic heterocycles. The Kier molecular flexibility index (Phi) is 5.86. The van der Waals surface area contributed by atoms with Gasteiger partial charge in [-0.2, -0.15) is 5.10 Å². The summed E-state index contributed by atoms with van der Waals surface area (Å²) >= 11 is 0. The highest BCUT2D eigenvalue weighted by molar-refractivity contribution is 6.05. The summed E-state index contributed by atoms with van der Waals surface area (Å²) in [5, 5.41) is 6.24. The molecule has 0 N–H and O–H groups in total. The van der Waals surface area contributed by atoms with Gasteiger partial charge in [0.2, 0.25) is 0 Å². The number of carbonyl (C=O) groups excluding carboxylic acids is 1. The molecule has 6 nitrogen and oxygen atoms in total. The smallest absolute Gasteiger partial charge is 0.274 e. The van der Waals surface area contributed by atoms with E-state index in [1.807, 2.05) is 62.4 Å². The topological polar surface area (TPSA) is 60.4 Å². The fourth-order valence-corrected chi connectivity index (χ4v) is 3.68. The van der Waals surface area contributed by atoms with Crippen molar-refractivity contribution in [2.24, 2.45) is 5.10 Å². The fourth-order valence-electron chi connectivity index (χ4n) is 3.68. The number of rotatable bonds is 6. The molecule has 0 bridgehead atoms. The van der Waals surface area contributed by atoms with Gasteiger partial charge in [0.1, 0.15) is 11.5 Å². The van der Waals surface area contributed by atoms with Gasteiger partial charge in [0.25, 0.3) is 5.91 Å². The highest BCUT2D eigenvalue weighted by Gasteiger charge is 2.39. The molecule has 0 radical (unpaired) electrons. The lowest BCUT2D eigenvalue weighted by Crippen LogP contribution is -2.40. The molecule has 0 saturated carbocycles. The van der Waals surface area contributed by atoms with Gasteiger partial charge in [-0.1, -0.05) is 18.2 Å². The molecular weight excluding hydrogens is 404 g/mol. The van der Waals surface area contributed by atoms with Crippen LogP contribution in [0.5, 0.6) is 23.0 Å². The van der Waals surface area contributed by atoms with Crippen molar-refractivity contribution in [3.05, 3.63) is 83.9 Å². The lowest BCUT2D eigenvalue weighted by Gasteiger charge is -2.28. The Hall–Kier alpha value is -3.80. The Labute approximate surface area is 188 Å². The van der Waals surface area contributed by atoms with Crippen LogP contribution in [0.3, 0.4) is 0 Å². The number of para-hydroxylation sites is 1. The molecular formula is C26H26N2O4. The molecule has 1 heterocycles. The molecule has 0 spiro atoms. The van der Waals surface area contributed by atoms with E-state index < -0.39 is 5.54 Å². The monoisotopic (exact) mass is 430 g/mol. The molecule has 0 unspecified atom stereocenters. The zero-order chi connectivity index (χ0) is 22.7. The molecule has 1 amide bonds. The number of methoxy groups -OCH3 is 2. The predicted molar refractivity (Wildman–Crippen MR) is 124 cm³/mol. The normalized spacial score (nSPS) is 14.6. The SMILES string of the molecule is COc1ccc(C2=NN(C(=O)c3ccc(Oc4ccccc4)cc3)C(C)(C)C2)cc1OC. The molecule has 164 valence electrons. The first kappa shape index (κ1) is 21.4. The quantitative estimate of drug-likeness (QED) is 0.516. The third-order valence-corrected chi connectivity index (χ3v) is 5.38. The van der Waals surface area contributed by atoms with E-state index in [-0.39, 0.29) is 5.91 Å². The lowest BCUT2D eigenvalue weighted by atomic mass is 9.94. The molecule has 0 saturated heterocycles. The second-order valence-electron chi connectivity index (χ2n) is 8.16. The van der Waals surface area contributed by atoms with Gasteiger partial charge in [-0.3, -0.25) is 4.79 Å². The minimum absolute atomic E-state index is 0.156. The van der Waals surface area contributed by atoms with Gasteiger partial charge in [-0.15, -0.1) is 0 Å². The minimum atomic E-state index is -0.460. The van der Waals surface area contributed by atoms with Crippen molar-refractivity contribution < 1.29 is 19.0 Å². The molecule has 32 heavy (non-hydrogen) atoms. The number of benzene rings is 3. The standard InChI is InChI=1S/C26H26N2O4/c1-26(2)17-22(19-12-15-23(30-3)24(16-19)31-4)27-28(26)25(29)18-10-13-21(14-11-18)32-20-8-6-5-7-9-20/h5-16H,17H2,1-4H3. The number of nitrogens with zero attached hydrogens (tertiary/aromatic N) is 2. The van der Waals surface area contributed by atoms with Gasteiger partial charge in [-0.25, -0.2) is 5.01 Å². The molecule has 4 rings (SSSR count). The van der Waals surface area contributed by atoms with Crippen LogP contribution in [0.15, 0.2) is 77.9 Å². The Morgan fingerprint density at radius 1 is 0.875 bits per heavy atom. The first-order valence-electron chi connectivity index (χ1n) is 10.4. The summed E-state index contributed by atoms with van der Waals surface area (Å²) in [6, 6.07) is 22.3. The maximum atomic E-state index is 13.3. The van der Waals surface area contributed by atoms with Crippen LogP contribution in [0.4, 0.5) is 0 Å². The maximum Gasteiger partial charge on any atom is 0.274 e. The zero-order valence-electron chi connectivity index (χ0n) is 18.7. The molecule has 0 aliphatic carbocycles. The van der Waals surface area contributed by atoms with Crippen LogP contribution in [0.2, 0.25) is 0 Å². The third kappa shape index (κ3) is 4.30. The number of hydrogen-bond acceptors (Lipinski definition) is 5. The third-order valence-electron chi connectivity index (χ3n) is 5.38. The van der Waals surface area contributed by atoms with E-state index >= 15 is 0 Å². The van der Waals surface area contributed by atoms with E-state index in [0.717, 1.165) is 17.0 Å². The predicted octanol–water partition coefficient (Wildman–Crippen LogP) is 5.52. The summed E-state index contributed by atoms with van der Waals surface area (Å²) in [5.41, 5.74) is 1.82. The summed E-state index contributed by atoms with van der Waals surface area (Å²) < 4.78 is 16.6. The molecule has 3 aromatic rings. The number of hydrogen-bond donors (Lipinski definition) is 0. The fraction of sp³-hybridized carbons (Fsp3) is 0.231. The van der Waals surface area contributed by atoms with Crippen molar-refractivity contribution in [3.8, 4) is 23.0 Å². The summed E-state index contributed by atoms with van der Waals surface area (Å²) in [4.78, 5) is 13.3. The molecule has 0 atom stereocenters. The van der Waals surface area contributed by atoms with Crippen LogP contribution in [0, 0.1) is 0 Å². The second-order valence-corrected chi connectivity index (χ2v) is 8.16. The number of ether oxygens (including phenoxy) is 3. The highest BCUT2D eigenvalue weighted by Crippen LogP contribution is 2.34. The molecule has 6 heteroatoms. The van der Waals surface area contributed by atoms with Crippen molar-refractivity contribution in [3.63, 3.8) is 0 Å². The van der Waals surface area contributed by atoms with E-state index in [4.69, 9.17) is 14.2 Å². The zero-order valence-corrected chi connectivity index (χ0v) is 18.7. The van der Waals surface area contributed by atoms with Crippen LogP contribution in [0.1, 0.15) is 36.2 Å². The van der Waals surface area contributed by atoms with Gasteiger partial charge >= 0.3 is 0 Å². The van der Waals surface area contributed by atoms with E-state index in [2.05, 4.69) is 5.10 Å². The van der Waals surface area contributed by atoms with Crippen molar-refractivity contribution in [1.82, 2.24) is 5.01 Å². The van der Waals surface area contributed by atoms with Gasteiger partial charge in [-0.05, 0) is 68.4 Å². The van der Waals surface area contributed by atoms with Crippen LogP contribution >= 0.6 is 0 Å². The van der Waals surface area contributed by atoms with Crippen LogP contribution in [-0.2, 0) is 0 Å². The average molecular weight is 431 g/mol. The van der Waals surface area contributed by atoms with Crippen LogP contribution in [0.25, 0.3) is 0 Å². The summed E-state index contributed by atoms with van der Waals surface area (Å²) in [6.07, 6.45) is 0.628. The Morgan fingerprint density at radius 3 is 2.19 bits per heavy atom. The second kappa shape index (κ2) is 8.75. The van der Waals surface area contributed by atoms with Crippen molar-refractivity contribution in [2.75, 3.05) is 14.2 Å². The summed E-state index contributed by atoms with van der Waals surface area (Å²) in [7, 11) is 3.20. The molecule has 0 fully saturated rings. The lowest BCUT2D eigenvalue weighted by molar-refractivity contribution is 0.0612. The van der Waals surface area contributed by atoms with E-state index in [1.165, 1.54) is 0 Å². The Morgan fingerprint density at radius 2 is 1.53 bits per heavy atom. The molecule has 3 aromatic carbocycles. The minimum Gasteiger partial charge on any atom is -0.493 e. The largest absolute Gasteiger partial charge is 0.493 e. The van der Waals surface area contributed by atoms with Crippen molar-refractivity contribution in [2.45, 2.75) is 25.8 Å². The summed E-state index contributed by atoms with van der Waals surface area (Å²) in [6.45, 7) is 4.02. The van der Waals surface area contributed by atoms with E-state index in [1.54, 1.807) is 43.5 Å². The van der Waals surface area contributed by atoms with Crippen LogP contribution < -0.4 is 14.2 Å². The maximum absolute atomic E-state index is 13.3. The van der Waals surface area contributed by atoms with E-state index in [0.29, 0.717) is 29.2 Å². The van der Waals surface area contributed by atoms with Gasteiger partial charge < -0.3 is 14.2 Å². The van der Waals surface area contributed by atoms with Crippen molar-refractivity contribution >= 4 is 11.6 Å². The van der Waals surface area contributed by atoms with Gasteiger partial charge in [0.15, 0.2) is 11.5 Å². The number of carbonyl (C=O) groups is 1. The van der Waals surface area contributed by atoms with E-state index in [9.17, 15) is 4.79 Å². The van der Waals surface area contributed by atoms with Crippen LogP contribution in [-0.4, -0.2) is 36.4 Å². The molecule has 0 aromatic heterocycles. The number of amides is 1. The Bertz CT molecular complexity index is 1140. The van der Waals surface area contributed by atoms with Crippen molar-refractivity contribution in [1.29, 1.82) is 0 Å². The summed E-state index contributed by atoms with van der Waals surface area (Å²) in [5.74, 6) is 2.54.